The summed E-state index contributed by atoms with van der Waals surface area (Å²) in [5.74, 6) is 0. The third kappa shape index (κ3) is 4.32. The largest absolute Gasteiger partial charge is 0.346 e. The van der Waals surface area contributed by atoms with Gasteiger partial charge in [-0.3, -0.25) is 0 Å². The van der Waals surface area contributed by atoms with E-state index in [1.165, 1.54) is 16.5 Å². The molecule has 0 amide bonds. The Hall–Kier alpha value is -1.32. The van der Waals surface area contributed by atoms with Crippen molar-refractivity contribution in [2.24, 2.45) is 0 Å². The van der Waals surface area contributed by atoms with E-state index >= 15 is 0 Å². The summed E-state index contributed by atoms with van der Waals surface area (Å²) >= 11 is 0. The molecule has 3 nitrogen and oxygen atoms in total. The van der Waals surface area contributed by atoms with Gasteiger partial charge in [-0.2, -0.15) is 0 Å². The van der Waals surface area contributed by atoms with Gasteiger partial charge in [-0.25, -0.2) is 0 Å². The van der Waals surface area contributed by atoms with Gasteiger partial charge in [-0.1, -0.05) is 33.8 Å². The lowest BCUT2D eigenvalue weighted by Crippen LogP contribution is -2.26. The van der Waals surface area contributed by atoms with Gasteiger partial charge in [0.15, 0.2) is 0 Å². The molecule has 1 N–H and O–H groups in total. The summed E-state index contributed by atoms with van der Waals surface area (Å²) in [6.45, 7) is 14.2. The number of likely N-dealkylation sites (N-methyl/N-ethyl adjacent to an activating group) is 1. The summed E-state index contributed by atoms with van der Waals surface area (Å²) in [5, 5.41) is 4.82. The molecule has 1 heterocycles. The second kappa shape index (κ2) is 7.62. The van der Waals surface area contributed by atoms with E-state index < -0.39 is 0 Å². The Bertz CT molecular complexity index is 553. The standard InChI is InChI=1S/C18H29N3/c1-5-20(6-2)11-12-21-10-9-17-13-16(7-8-18(17)21)14-19-15(3)4/h7-10,13,15,19H,5-6,11-12,14H2,1-4H3. The highest BCUT2D eigenvalue weighted by Crippen LogP contribution is 2.18. The number of aromatic nitrogens is 1. The molecule has 0 spiro atoms. The highest BCUT2D eigenvalue weighted by molar-refractivity contribution is 5.80. The maximum atomic E-state index is 3.48. The van der Waals surface area contributed by atoms with Gasteiger partial charge >= 0.3 is 0 Å². The smallest absolute Gasteiger partial charge is 0.0480 e. The molecule has 2 aromatic rings. The zero-order valence-corrected chi connectivity index (χ0v) is 13.9. The van der Waals surface area contributed by atoms with Crippen LogP contribution in [0, 0.1) is 0 Å². The average Bonchev–Trinajstić information content (AvgIpc) is 2.88. The van der Waals surface area contributed by atoms with E-state index in [4.69, 9.17) is 0 Å². The minimum Gasteiger partial charge on any atom is -0.346 e. The first-order chi connectivity index (χ1) is 10.1. The Balaban J connectivity index is 2.06. The van der Waals surface area contributed by atoms with Crippen molar-refractivity contribution in [2.45, 2.75) is 46.8 Å². The third-order valence-electron chi connectivity index (χ3n) is 4.10. The lowest BCUT2D eigenvalue weighted by Gasteiger charge is -2.18. The topological polar surface area (TPSA) is 20.2 Å². The van der Waals surface area contributed by atoms with Gasteiger partial charge in [0.05, 0.1) is 0 Å². The molecule has 116 valence electrons. The van der Waals surface area contributed by atoms with Crippen LogP contribution in [0.5, 0.6) is 0 Å². The van der Waals surface area contributed by atoms with Crippen molar-refractivity contribution in [3.05, 3.63) is 36.0 Å². The Morgan fingerprint density at radius 1 is 1.14 bits per heavy atom. The Morgan fingerprint density at radius 3 is 2.57 bits per heavy atom. The average molecular weight is 287 g/mol. The number of nitrogens with zero attached hydrogens (tertiary/aromatic N) is 2. The van der Waals surface area contributed by atoms with E-state index in [0.29, 0.717) is 6.04 Å². The van der Waals surface area contributed by atoms with Crippen molar-refractivity contribution in [3.63, 3.8) is 0 Å². The van der Waals surface area contributed by atoms with Crippen LogP contribution in [0.25, 0.3) is 10.9 Å². The Kier molecular flexibility index (Phi) is 5.83. The van der Waals surface area contributed by atoms with Crippen molar-refractivity contribution < 1.29 is 0 Å². The van der Waals surface area contributed by atoms with Gasteiger partial charge in [0.1, 0.15) is 0 Å². The van der Waals surface area contributed by atoms with Crippen LogP contribution in [0.15, 0.2) is 30.5 Å². The lowest BCUT2D eigenvalue weighted by molar-refractivity contribution is 0.292. The first-order valence-electron chi connectivity index (χ1n) is 8.17. The zero-order chi connectivity index (χ0) is 15.2. The number of hydrogen-bond donors (Lipinski definition) is 1. The quantitative estimate of drug-likeness (QED) is 0.802. The molecule has 0 aliphatic heterocycles. The number of rotatable bonds is 8. The monoisotopic (exact) mass is 287 g/mol. The van der Waals surface area contributed by atoms with Crippen LogP contribution in [0.1, 0.15) is 33.3 Å². The molecule has 0 unspecified atom stereocenters. The van der Waals surface area contributed by atoms with E-state index in [2.05, 4.69) is 72.9 Å². The summed E-state index contributed by atoms with van der Waals surface area (Å²) in [6, 6.07) is 9.56. The van der Waals surface area contributed by atoms with Gasteiger partial charge < -0.3 is 14.8 Å². The highest BCUT2D eigenvalue weighted by atomic mass is 15.1. The molecular weight excluding hydrogens is 258 g/mol. The maximum Gasteiger partial charge on any atom is 0.0480 e. The molecular formula is C18H29N3. The Labute approximate surface area is 128 Å². The van der Waals surface area contributed by atoms with Crippen molar-refractivity contribution in [3.8, 4) is 0 Å². The summed E-state index contributed by atoms with van der Waals surface area (Å²) < 4.78 is 2.37. The first kappa shape index (κ1) is 16.1. The third-order valence-corrected chi connectivity index (χ3v) is 4.10. The normalized spacial score (nSPS) is 11.9. The zero-order valence-electron chi connectivity index (χ0n) is 13.9. The molecule has 0 saturated carbocycles. The van der Waals surface area contributed by atoms with Crippen LogP contribution in [0.3, 0.4) is 0 Å². The molecule has 2 rings (SSSR count). The molecule has 0 atom stereocenters. The molecule has 0 aliphatic carbocycles. The highest BCUT2D eigenvalue weighted by Gasteiger charge is 2.05. The van der Waals surface area contributed by atoms with Gasteiger partial charge in [-0.05, 0) is 42.2 Å². The van der Waals surface area contributed by atoms with E-state index in [9.17, 15) is 0 Å². The molecule has 0 bridgehead atoms. The number of benzene rings is 1. The summed E-state index contributed by atoms with van der Waals surface area (Å²) in [6.07, 6.45) is 2.22. The van der Waals surface area contributed by atoms with E-state index in [1.54, 1.807) is 0 Å². The molecule has 21 heavy (non-hydrogen) atoms. The van der Waals surface area contributed by atoms with Crippen LogP contribution in [-0.4, -0.2) is 35.1 Å². The van der Waals surface area contributed by atoms with Crippen LogP contribution in [0.2, 0.25) is 0 Å². The predicted molar refractivity (Wildman–Crippen MR) is 91.7 cm³/mol. The van der Waals surface area contributed by atoms with Crippen molar-refractivity contribution >= 4 is 10.9 Å². The maximum absolute atomic E-state index is 3.48. The minimum absolute atomic E-state index is 0.527. The van der Waals surface area contributed by atoms with Crippen molar-refractivity contribution in [1.82, 2.24) is 14.8 Å². The van der Waals surface area contributed by atoms with E-state index in [0.717, 1.165) is 32.7 Å². The Morgan fingerprint density at radius 2 is 1.90 bits per heavy atom. The molecule has 1 aromatic carbocycles. The molecule has 3 heteroatoms. The van der Waals surface area contributed by atoms with Crippen molar-refractivity contribution in [2.75, 3.05) is 19.6 Å². The van der Waals surface area contributed by atoms with Gasteiger partial charge in [0.2, 0.25) is 0 Å². The molecule has 1 aromatic heterocycles. The van der Waals surface area contributed by atoms with Crippen LogP contribution in [-0.2, 0) is 13.1 Å². The number of fused-ring (bicyclic) bond motifs is 1. The van der Waals surface area contributed by atoms with Crippen LogP contribution >= 0.6 is 0 Å². The molecule has 0 saturated heterocycles. The fourth-order valence-electron chi connectivity index (χ4n) is 2.67. The second-order valence-electron chi connectivity index (χ2n) is 5.96. The summed E-state index contributed by atoms with van der Waals surface area (Å²) in [7, 11) is 0. The van der Waals surface area contributed by atoms with E-state index in [1.807, 2.05) is 0 Å². The molecule has 0 aliphatic rings. The number of nitrogens with one attached hydrogen (secondary N) is 1. The lowest BCUT2D eigenvalue weighted by atomic mass is 10.1. The van der Waals surface area contributed by atoms with Gasteiger partial charge in [0, 0.05) is 37.4 Å². The van der Waals surface area contributed by atoms with Crippen LogP contribution in [0.4, 0.5) is 0 Å². The van der Waals surface area contributed by atoms with Gasteiger partial charge in [-0.15, -0.1) is 0 Å². The van der Waals surface area contributed by atoms with Crippen LogP contribution < -0.4 is 5.32 Å². The van der Waals surface area contributed by atoms with Gasteiger partial charge in [0.25, 0.3) is 0 Å². The predicted octanol–water partition coefficient (Wildman–Crippen LogP) is 3.48. The fourth-order valence-corrected chi connectivity index (χ4v) is 2.67. The van der Waals surface area contributed by atoms with E-state index in [-0.39, 0.29) is 0 Å². The van der Waals surface area contributed by atoms with Crippen molar-refractivity contribution in [1.29, 1.82) is 0 Å². The summed E-state index contributed by atoms with van der Waals surface area (Å²) in [4.78, 5) is 2.47. The summed E-state index contributed by atoms with van der Waals surface area (Å²) in [5.41, 5.74) is 2.70. The SMILES string of the molecule is CCN(CC)CCn1ccc2cc(CNC(C)C)ccc21. The first-order valence-corrected chi connectivity index (χ1v) is 8.17. The second-order valence-corrected chi connectivity index (χ2v) is 5.96. The molecule has 0 fully saturated rings. The number of hydrogen-bond acceptors (Lipinski definition) is 2. The molecule has 0 radical (unpaired) electrons. The minimum atomic E-state index is 0.527. The fraction of sp³-hybridized carbons (Fsp3) is 0.556.